The minimum Gasteiger partial charge on any atom is -0.360 e. The predicted molar refractivity (Wildman–Crippen MR) is 124 cm³/mol. The Bertz CT molecular complexity index is 1290. The summed E-state index contributed by atoms with van der Waals surface area (Å²) in [6.45, 7) is 6.02. The quantitative estimate of drug-likeness (QED) is 0.457. The first-order valence-electron chi connectivity index (χ1n) is 10.6. The van der Waals surface area contributed by atoms with Crippen LogP contribution in [0.5, 0.6) is 0 Å². The lowest BCUT2D eigenvalue weighted by atomic mass is 10.0. The summed E-state index contributed by atoms with van der Waals surface area (Å²) in [7, 11) is 0. The Morgan fingerprint density at radius 1 is 1.06 bits per heavy atom. The summed E-state index contributed by atoms with van der Waals surface area (Å²) in [4.78, 5) is 30.6. The molecular formula is C23H22ClN7O2. The Balaban J connectivity index is 1.34. The van der Waals surface area contributed by atoms with Crippen molar-refractivity contribution in [3.05, 3.63) is 71.2 Å². The average Bonchev–Trinajstić information content (AvgIpc) is 3.49. The highest BCUT2D eigenvalue weighted by atomic mass is 35.5. The Morgan fingerprint density at radius 3 is 2.55 bits per heavy atom. The number of carbonyl (C=O) groups is 1. The number of halogens is 1. The lowest BCUT2D eigenvalue weighted by Crippen LogP contribution is -2.49. The van der Waals surface area contributed by atoms with Crippen molar-refractivity contribution >= 4 is 23.3 Å². The molecule has 0 bridgehead atoms. The van der Waals surface area contributed by atoms with Crippen LogP contribution in [-0.4, -0.2) is 61.7 Å². The first kappa shape index (κ1) is 21.1. The number of aryl methyl sites for hydroxylation is 2. The number of piperazine rings is 1. The summed E-state index contributed by atoms with van der Waals surface area (Å²) < 4.78 is 7.23. The van der Waals surface area contributed by atoms with Crippen molar-refractivity contribution in [3.63, 3.8) is 0 Å². The Kier molecular flexibility index (Phi) is 5.55. The van der Waals surface area contributed by atoms with E-state index in [-0.39, 0.29) is 5.91 Å². The number of hydrogen-bond acceptors (Lipinski definition) is 7. The molecule has 33 heavy (non-hydrogen) atoms. The molecule has 3 aromatic heterocycles. The van der Waals surface area contributed by atoms with E-state index in [2.05, 4.69) is 25.0 Å². The van der Waals surface area contributed by atoms with Gasteiger partial charge in [0.2, 0.25) is 0 Å². The molecule has 0 aliphatic carbocycles. The van der Waals surface area contributed by atoms with Gasteiger partial charge in [-0.25, -0.2) is 15.0 Å². The third kappa shape index (κ3) is 4.07. The first-order chi connectivity index (χ1) is 16.0. The van der Waals surface area contributed by atoms with Gasteiger partial charge in [-0.1, -0.05) is 35.0 Å². The fourth-order valence-corrected chi connectivity index (χ4v) is 4.21. The van der Waals surface area contributed by atoms with Crippen LogP contribution in [0.2, 0.25) is 5.02 Å². The molecular weight excluding hydrogens is 442 g/mol. The Labute approximate surface area is 195 Å². The zero-order valence-electron chi connectivity index (χ0n) is 18.3. The van der Waals surface area contributed by atoms with Crippen molar-refractivity contribution in [2.75, 3.05) is 31.1 Å². The van der Waals surface area contributed by atoms with E-state index in [0.717, 1.165) is 11.6 Å². The Morgan fingerprint density at radius 2 is 1.82 bits per heavy atom. The molecule has 1 saturated heterocycles. The van der Waals surface area contributed by atoms with Crippen LogP contribution in [-0.2, 0) is 0 Å². The minimum atomic E-state index is -0.110. The molecule has 0 saturated carbocycles. The molecule has 1 aliphatic rings. The van der Waals surface area contributed by atoms with Crippen molar-refractivity contribution in [2.24, 2.45) is 0 Å². The molecule has 0 atom stereocenters. The molecule has 1 amide bonds. The lowest BCUT2D eigenvalue weighted by Gasteiger charge is -2.35. The molecule has 1 aromatic carbocycles. The molecule has 10 heteroatoms. The predicted octanol–water partition coefficient (Wildman–Crippen LogP) is 3.55. The summed E-state index contributed by atoms with van der Waals surface area (Å²) in [6.07, 6.45) is 5.27. The van der Waals surface area contributed by atoms with E-state index in [9.17, 15) is 4.79 Å². The number of amides is 1. The molecule has 0 spiro atoms. The number of aromatic nitrogens is 5. The van der Waals surface area contributed by atoms with Gasteiger partial charge >= 0.3 is 0 Å². The van der Waals surface area contributed by atoms with E-state index in [0.29, 0.717) is 59.6 Å². The van der Waals surface area contributed by atoms with Crippen LogP contribution in [0.25, 0.3) is 17.1 Å². The average molecular weight is 464 g/mol. The maximum atomic E-state index is 13.4. The highest BCUT2D eigenvalue weighted by Gasteiger charge is 2.29. The fourth-order valence-electron chi connectivity index (χ4n) is 3.98. The third-order valence-corrected chi connectivity index (χ3v) is 6.01. The first-order valence-corrected chi connectivity index (χ1v) is 11.0. The molecule has 0 N–H and O–H groups in total. The summed E-state index contributed by atoms with van der Waals surface area (Å²) in [5, 5.41) is 4.65. The normalized spacial score (nSPS) is 14.0. The van der Waals surface area contributed by atoms with E-state index in [1.807, 2.05) is 46.9 Å². The molecule has 0 unspecified atom stereocenters. The van der Waals surface area contributed by atoms with Gasteiger partial charge in [0, 0.05) is 50.2 Å². The zero-order chi connectivity index (χ0) is 22.9. The second kappa shape index (κ2) is 8.67. The topological polar surface area (TPSA) is 93.2 Å². The molecule has 9 nitrogen and oxygen atoms in total. The number of carbonyl (C=O) groups excluding carboxylic acids is 1. The Hall–Kier alpha value is -3.72. The zero-order valence-corrected chi connectivity index (χ0v) is 19.0. The summed E-state index contributed by atoms with van der Waals surface area (Å²) in [6, 6.07) is 9.25. The molecule has 0 radical (unpaired) electrons. The van der Waals surface area contributed by atoms with Gasteiger partial charge in [0.25, 0.3) is 5.91 Å². The van der Waals surface area contributed by atoms with Gasteiger partial charge in [0.1, 0.15) is 40.8 Å². The van der Waals surface area contributed by atoms with Crippen molar-refractivity contribution in [2.45, 2.75) is 13.8 Å². The molecule has 4 aromatic rings. The van der Waals surface area contributed by atoms with Gasteiger partial charge in [-0.15, -0.1) is 0 Å². The number of rotatable bonds is 4. The van der Waals surface area contributed by atoms with Crippen molar-refractivity contribution in [1.29, 1.82) is 0 Å². The summed E-state index contributed by atoms with van der Waals surface area (Å²) >= 11 is 6.35. The van der Waals surface area contributed by atoms with Crippen LogP contribution >= 0.6 is 11.6 Å². The van der Waals surface area contributed by atoms with E-state index in [1.165, 1.54) is 0 Å². The van der Waals surface area contributed by atoms with Gasteiger partial charge in [-0.05, 0) is 19.9 Å². The van der Waals surface area contributed by atoms with Crippen molar-refractivity contribution < 1.29 is 9.32 Å². The number of anilines is 1. The van der Waals surface area contributed by atoms with Crippen LogP contribution in [0.15, 0.2) is 53.6 Å². The monoisotopic (exact) mass is 463 g/mol. The molecule has 1 aliphatic heterocycles. The highest BCUT2D eigenvalue weighted by molar-refractivity contribution is 6.33. The number of benzene rings is 1. The van der Waals surface area contributed by atoms with Crippen molar-refractivity contribution in [3.8, 4) is 17.1 Å². The smallest absolute Gasteiger partial charge is 0.259 e. The van der Waals surface area contributed by atoms with Gasteiger partial charge in [0.15, 0.2) is 0 Å². The lowest BCUT2D eigenvalue weighted by molar-refractivity contribution is 0.0745. The van der Waals surface area contributed by atoms with Crippen LogP contribution in [0.3, 0.4) is 0 Å². The van der Waals surface area contributed by atoms with Crippen molar-refractivity contribution in [1.82, 2.24) is 29.6 Å². The van der Waals surface area contributed by atoms with Crippen LogP contribution in [0.4, 0.5) is 5.82 Å². The standard InChI is InChI=1S/C23H22ClN7O2/c1-15-21(22(28-33-15)17-5-3-4-6-18(17)24)23(32)30-11-9-29(10-12-30)19-13-20(27-16(2)26-19)31-8-7-25-14-31/h3-8,13-14H,9-12H2,1-2H3. The summed E-state index contributed by atoms with van der Waals surface area (Å²) in [5.41, 5.74) is 1.61. The highest BCUT2D eigenvalue weighted by Crippen LogP contribution is 2.32. The number of nitrogens with zero attached hydrogens (tertiary/aromatic N) is 7. The molecule has 4 heterocycles. The van der Waals surface area contributed by atoms with Crippen LogP contribution in [0, 0.1) is 13.8 Å². The maximum absolute atomic E-state index is 13.4. The SMILES string of the molecule is Cc1nc(N2CCN(C(=O)c3c(-c4ccccc4Cl)noc3C)CC2)cc(-n2ccnc2)n1. The van der Waals surface area contributed by atoms with Crippen LogP contribution < -0.4 is 4.90 Å². The van der Waals surface area contributed by atoms with E-state index in [1.54, 1.807) is 25.5 Å². The second-order valence-corrected chi connectivity index (χ2v) is 8.23. The number of imidazole rings is 1. The maximum Gasteiger partial charge on any atom is 0.259 e. The van der Waals surface area contributed by atoms with E-state index in [4.69, 9.17) is 16.1 Å². The van der Waals surface area contributed by atoms with Gasteiger partial charge in [-0.2, -0.15) is 0 Å². The number of hydrogen-bond donors (Lipinski definition) is 0. The fraction of sp³-hybridized carbons (Fsp3) is 0.261. The molecule has 1 fully saturated rings. The minimum absolute atomic E-state index is 0.110. The van der Waals surface area contributed by atoms with Crippen LogP contribution in [0.1, 0.15) is 21.9 Å². The van der Waals surface area contributed by atoms with Gasteiger partial charge < -0.3 is 14.3 Å². The van der Waals surface area contributed by atoms with Gasteiger partial charge in [0.05, 0.1) is 5.02 Å². The second-order valence-electron chi connectivity index (χ2n) is 7.82. The summed E-state index contributed by atoms with van der Waals surface area (Å²) in [5.74, 6) is 2.64. The van der Waals surface area contributed by atoms with E-state index >= 15 is 0 Å². The van der Waals surface area contributed by atoms with Gasteiger partial charge in [-0.3, -0.25) is 9.36 Å². The molecule has 168 valence electrons. The largest absolute Gasteiger partial charge is 0.360 e. The molecule has 5 rings (SSSR count). The van der Waals surface area contributed by atoms with E-state index < -0.39 is 0 Å². The third-order valence-electron chi connectivity index (χ3n) is 5.68.